The highest BCUT2D eigenvalue weighted by molar-refractivity contribution is 5.98. The van der Waals surface area contributed by atoms with E-state index in [0.29, 0.717) is 26.2 Å². The first-order valence-corrected chi connectivity index (χ1v) is 10.0. The maximum Gasteiger partial charge on any atom is 0.257 e. The monoisotopic (exact) mass is 416 g/mol. The summed E-state index contributed by atoms with van der Waals surface area (Å²) in [4.78, 5) is 33.6. The summed E-state index contributed by atoms with van der Waals surface area (Å²) >= 11 is 0. The van der Waals surface area contributed by atoms with Gasteiger partial charge in [-0.1, -0.05) is 26.0 Å². The molecule has 2 heterocycles. The molecule has 1 unspecified atom stereocenters. The number of piperazine rings is 1. The second kappa shape index (κ2) is 9.75. The fourth-order valence-electron chi connectivity index (χ4n) is 3.51. The number of carbonyl (C=O) groups is 2. The number of hydrogen-bond acceptors (Lipinski definition) is 4. The Morgan fingerprint density at radius 2 is 1.73 bits per heavy atom. The summed E-state index contributed by atoms with van der Waals surface area (Å²) < 4.78 is 27.8. The second-order valence-corrected chi connectivity index (χ2v) is 7.75. The van der Waals surface area contributed by atoms with Gasteiger partial charge in [0.25, 0.3) is 5.91 Å². The topological polar surface area (TPSA) is 65.5 Å². The summed E-state index contributed by atoms with van der Waals surface area (Å²) in [5.41, 5.74) is 0.439. The Bertz CT molecular complexity index is 864. The molecule has 1 aliphatic rings. The zero-order valence-electron chi connectivity index (χ0n) is 17.1. The molecule has 1 fully saturated rings. The summed E-state index contributed by atoms with van der Waals surface area (Å²) in [7, 11) is 0. The molecule has 2 amide bonds. The fourth-order valence-corrected chi connectivity index (χ4v) is 3.51. The predicted octanol–water partition coefficient (Wildman–Crippen LogP) is 2.46. The normalized spacial score (nSPS) is 15.8. The molecule has 1 atom stereocenters. The minimum atomic E-state index is -0.952. The number of rotatable bonds is 6. The number of nitrogens with zero attached hydrogens (tertiary/aromatic N) is 3. The Morgan fingerprint density at radius 1 is 1.07 bits per heavy atom. The third-order valence-electron chi connectivity index (χ3n) is 5.22. The van der Waals surface area contributed by atoms with E-state index >= 15 is 0 Å². The number of benzene rings is 1. The van der Waals surface area contributed by atoms with E-state index in [1.807, 2.05) is 18.3 Å². The first kappa shape index (κ1) is 21.8. The summed E-state index contributed by atoms with van der Waals surface area (Å²) in [6, 6.07) is 6.27. The van der Waals surface area contributed by atoms with Crippen LogP contribution < -0.4 is 5.32 Å². The number of nitrogens with one attached hydrogen (secondary N) is 1. The summed E-state index contributed by atoms with van der Waals surface area (Å²) in [5, 5.41) is 2.53. The molecular weight excluding hydrogens is 390 g/mol. The van der Waals surface area contributed by atoms with Gasteiger partial charge in [0.1, 0.15) is 23.2 Å². The third kappa shape index (κ3) is 5.18. The minimum absolute atomic E-state index is 0.232. The molecule has 6 nitrogen and oxygen atoms in total. The maximum atomic E-state index is 13.9. The van der Waals surface area contributed by atoms with Crippen molar-refractivity contribution in [3.63, 3.8) is 0 Å². The highest BCUT2D eigenvalue weighted by Crippen LogP contribution is 2.15. The molecule has 0 saturated carbocycles. The standard InChI is InChI=1S/C22H26F2N4O2/c1-15(2)20(26-21(29)19-17(23)6-3-7-18(19)24)22(30)28-11-9-27(10-12-28)14-16-5-4-8-25-13-16/h3-8,13,15,20H,9-12,14H2,1-2H3,(H,26,29). The first-order chi connectivity index (χ1) is 14.4. The van der Waals surface area contributed by atoms with Gasteiger partial charge >= 0.3 is 0 Å². The molecule has 1 aromatic heterocycles. The summed E-state index contributed by atoms with van der Waals surface area (Å²) in [6.45, 7) is 6.77. The van der Waals surface area contributed by atoms with E-state index in [1.165, 1.54) is 6.07 Å². The van der Waals surface area contributed by atoms with Gasteiger partial charge in [-0.15, -0.1) is 0 Å². The van der Waals surface area contributed by atoms with E-state index in [0.717, 1.165) is 24.2 Å². The molecule has 1 N–H and O–H groups in total. The number of halogens is 2. The summed E-state index contributed by atoms with van der Waals surface area (Å²) in [5.74, 6) is -3.30. The highest BCUT2D eigenvalue weighted by Gasteiger charge is 2.32. The van der Waals surface area contributed by atoms with Crippen molar-refractivity contribution in [2.75, 3.05) is 26.2 Å². The van der Waals surface area contributed by atoms with Gasteiger partial charge in [-0.3, -0.25) is 19.5 Å². The highest BCUT2D eigenvalue weighted by atomic mass is 19.1. The van der Waals surface area contributed by atoms with Crippen LogP contribution in [-0.4, -0.2) is 58.8 Å². The van der Waals surface area contributed by atoms with Crippen LogP contribution >= 0.6 is 0 Å². The van der Waals surface area contributed by atoms with Crippen LogP contribution in [0.2, 0.25) is 0 Å². The van der Waals surface area contributed by atoms with E-state index in [9.17, 15) is 18.4 Å². The van der Waals surface area contributed by atoms with Gasteiger partial charge in [0.15, 0.2) is 0 Å². The van der Waals surface area contributed by atoms with Crippen molar-refractivity contribution < 1.29 is 18.4 Å². The summed E-state index contributed by atoms with van der Waals surface area (Å²) in [6.07, 6.45) is 3.55. The van der Waals surface area contributed by atoms with Crippen LogP contribution in [0.4, 0.5) is 8.78 Å². The Kier molecular flexibility index (Phi) is 7.10. The largest absolute Gasteiger partial charge is 0.340 e. The Hall–Kier alpha value is -2.87. The van der Waals surface area contributed by atoms with Gasteiger partial charge < -0.3 is 10.2 Å². The molecule has 1 aliphatic heterocycles. The third-order valence-corrected chi connectivity index (χ3v) is 5.22. The molecule has 0 aliphatic carbocycles. The second-order valence-electron chi connectivity index (χ2n) is 7.75. The van der Waals surface area contributed by atoms with Gasteiger partial charge in [-0.05, 0) is 29.7 Å². The number of amides is 2. The van der Waals surface area contributed by atoms with Crippen molar-refractivity contribution in [2.45, 2.75) is 26.4 Å². The lowest BCUT2D eigenvalue weighted by Crippen LogP contribution is -2.56. The average molecular weight is 416 g/mol. The lowest BCUT2D eigenvalue weighted by Gasteiger charge is -2.37. The number of pyridine rings is 1. The van der Waals surface area contributed by atoms with Crippen LogP contribution in [-0.2, 0) is 11.3 Å². The molecule has 1 aromatic carbocycles. The van der Waals surface area contributed by atoms with E-state index in [-0.39, 0.29) is 11.8 Å². The van der Waals surface area contributed by atoms with Crippen molar-refractivity contribution in [1.82, 2.24) is 20.1 Å². The van der Waals surface area contributed by atoms with Crippen molar-refractivity contribution in [3.8, 4) is 0 Å². The average Bonchev–Trinajstić information content (AvgIpc) is 2.72. The van der Waals surface area contributed by atoms with Crippen molar-refractivity contribution >= 4 is 11.8 Å². The molecule has 2 aromatic rings. The Labute approximate surface area is 174 Å². The van der Waals surface area contributed by atoms with Gasteiger partial charge in [-0.25, -0.2) is 8.78 Å². The van der Waals surface area contributed by atoms with Crippen LogP contribution in [0, 0.1) is 17.6 Å². The van der Waals surface area contributed by atoms with Gasteiger partial charge in [0.2, 0.25) is 5.91 Å². The van der Waals surface area contributed by atoms with Crippen LogP contribution in [0.1, 0.15) is 29.8 Å². The van der Waals surface area contributed by atoms with Crippen LogP contribution in [0.25, 0.3) is 0 Å². The van der Waals surface area contributed by atoms with Crippen molar-refractivity contribution in [1.29, 1.82) is 0 Å². The molecule has 0 bridgehead atoms. The van der Waals surface area contributed by atoms with Gasteiger partial charge in [0, 0.05) is 45.1 Å². The zero-order chi connectivity index (χ0) is 21.7. The number of hydrogen-bond donors (Lipinski definition) is 1. The molecule has 1 saturated heterocycles. The van der Waals surface area contributed by atoms with Crippen molar-refractivity contribution in [2.24, 2.45) is 5.92 Å². The van der Waals surface area contributed by atoms with Gasteiger partial charge in [-0.2, -0.15) is 0 Å². The molecule has 3 rings (SSSR count). The number of aromatic nitrogens is 1. The molecule has 0 spiro atoms. The van der Waals surface area contributed by atoms with Crippen molar-refractivity contribution in [3.05, 3.63) is 65.5 Å². The Balaban J connectivity index is 1.61. The smallest absolute Gasteiger partial charge is 0.257 e. The quantitative estimate of drug-likeness (QED) is 0.786. The van der Waals surface area contributed by atoms with Gasteiger partial charge in [0.05, 0.1) is 0 Å². The van der Waals surface area contributed by atoms with E-state index in [2.05, 4.69) is 15.2 Å². The first-order valence-electron chi connectivity index (χ1n) is 10.0. The Morgan fingerprint density at radius 3 is 2.30 bits per heavy atom. The molecular formula is C22H26F2N4O2. The van der Waals surface area contributed by atoms with E-state index < -0.39 is 29.1 Å². The maximum absolute atomic E-state index is 13.9. The lowest BCUT2D eigenvalue weighted by molar-refractivity contribution is -0.136. The number of carbonyl (C=O) groups excluding carboxylic acids is 2. The van der Waals surface area contributed by atoms with Crippen LogP contribution in [0.3, 0.4) is 0 Å². The molecule has 30 heavy (non-hydrogen) atoms. The zero-order valence-corrected chi connectivity index (χ0v) is 17.1. The molecule has 160 valence electrons. The molecule has 0 radical (unpaired) electrons. The van der Waals surface area contributed by atoms with Crippen LogP contribution in [0.5, 0.6) is 0 Å². The molecule has 8 heteroatoms. The van der Waals surface area contributed by atoms with E-state index in [1.54, 1.807) is 24.9 Å². The van der Waals surface area contributed by atoms with Crippen LogP contribution in [0.15, 0.2) is 42.7 Å². The predicted molar refractivity (Wildman–Crippen MR) is 109 cm³/mol. The lowest BCUT2D eigenvalue weighted by atomic mass is 10.0. The van der Waals surface area contributed by atoms with E-state index in [4.69, 9.17) is 0 Å². The SMILES string of the molecule is CC(C)C(NC(=O)c1c(F)cccc1F)C(=O)N1CCN(Cc2cccnc2)CC1. The minimum Gasteiger partial charge on any atom is -0.340 e. The fraction of sp³-hybridized carbons (Fsp3) is 0.409.